The van der Waals surface area contributed by atoms with Gasteiger partial charge < -0.3 is 14.8 Å². The number of benzene rings is 5. The molecule has 0 saturated heterocycles. The van der Waals surface area contributed by atoms with Crippen molar-refractivity contribution in [3.63, 3.8) is 0 Å². The maximum Gasteiger partial charge on any atom is 0.220 e. The number of aryl methyl sites for hydroxylation is 1. The molecular weight excluding hydrogens is 879 g/mol. The molecule has 0 radical (unpaired) electrons. The summed E-state index contributed by atoms with van der Waals surface area (Å²) in [5.74, 6) is 0.717. The minimum absolute atomic E-state index is 0.0662. The Balaban J connectivity index is 0.886. The van der Waals surface area contributed by atoms with Crippen LogP contribution in [0.1, 0.15) is 102 Å². The summed E-state index contributed by atoms with van der Waals surface area (Å²) >= 11 is 0. The lowest BCUT2D eigenvalue weighted by Gasteiger charge is -2.27. The predicted molar refractivity (Wildman–Crippen MR) is 278 cm³/mol. The van der Waals surface area contributed by atoms with Gasteiger partial charge in [0.2, 0.25) is 17.4 Å². The number of nitrogens with one attached hydrogen (secondary N) is 1. The van der Waals surface area contributed by atoms with Gasteiger partial charge in [-0.05, 0) is 90.9 Å². The molecule has 1 aromatic heterocycles. The standard InChI is InChI=1S/C57H63N7O4S/c1-41-59-61-55(62-60-41)45-31-29-42(30-32-45)40-58-52(65)28-14-10-7-11-19-37-63-48-35-33-43-22-15-17-24-46(43)53(48)56(2,3)50(63)26-12-8-6-9-13-27-51-57(4,5)54-47-25-18-16-23-44(47)34-36-49(54)64(51)38-20-21-39-69(66,67)68/h6,8-9,12-13,15-18,22-27,29-36H,7,10-11,14,19-21,28,37-40H2,1-5H3,(H-,58,65,66,67,68). The highest BCUT2D eigenvalue weighted by molar-refractivity contribution is 7.85. The molecule has 5 aromatic carbocycles. The first-order valence-electron chi connectivity index (χ1n) is 24.2. The number of amides is 1. The molecule has 0 bridgehead atoms. The number of nitrogens with zero attached hydrogens (tertiary/aromatic N) is 6. The molecule has 0 aliphatic carbocycles. The number of anilines is 1. The number of allylic oxidation sites excluding steroid dienone is 8. The van der Waals surface area contributed by atoms with Crippen LogP contribution >= 0.6 is 0 Å². The number of carbonyl (C=O) groups excluding carboxylic acids is 1. The Kier molecular flexibility index (Phi) is 15.1. The quantitative estimate of drug-likeness (QED) is 0.0342. The first-order valence-corrected chi connectivity index (χ1v) is 25.8. The Morgan fingerprint density at radius 2 is 1.33 bits per heavy atom. The van der Waals surface area contributed by atoms with E-state index in [2.05, 4.69) is 178 Å². The van der Waals surface area contributed by atoms with Crippen LogP contribution in [0.15, 0.2) is 145 Å². The van der Waals surface area contributed by atoms with Crippen molar-refractivity contribution in [1.82, 2.24) is 25.7 Å². The van der Waals surface area contributed by atoms with Crippen LogP contribution in [0.5, 0.6) is 0 Å². The Bertz CT molecular complexity index is 3100. The van der Waals surface area contributed by atoms with Crippen molar-refractivity contribution in [2.45, 2.75) is 103 Å². The molecule has 0 saturated carbocycles. The van der Waals surface area contributed by atoms with Gasteiger partial charge in [-0.1, -0.05) is 142 Å². The maximum absolute atomic E-state index is 12.7. The molecular formula is C57H63N7O4S. The van der Waals surface area contributed by atoms with Crippen LogP contribution in [0.4, 0.5) is 11.4 Å². The SMILES string of the molecule is Cc1nnc(-c2ccc(CNC(=O)CCCCCCCN3/C(=C/C=C/C=C/C=C/C4=[N+](CCCCS(=O)(=O)[O-])c5ccc6ccccc6c5C4(C)C)C(C)(C)c4c3ccc3ccccc43)cc2)nn1. The van der Waals surface area contributed by atoms with E-state index in [1.54, 1.807) is 6.92 Å². The van der Waals surface area contributed by atoms with Crippen molar-refractivity contribution in [1.29, 1.82) is 0 Å². The van der Waals surface area contributed by atoms with Crippen molar-refractivity contribution in [2.24, 2.45) is 0 Å². The van der Waals surface area contributed by atoms with E-state index in [1.807, 2.05) is 24.3 Å². The van der Waals surface area contributed by atoms with Crippen LogP contribution in [0.25, 0.3) is 32.9 Å². The van der Waals surface area contributed by atoms with Crippen molar-refractivity contribution < 1.29 is 22.3 Å². The number of aromatic nitrogens is 4. The second-order valence-electron chi connectivity index (χ2n) is 19.2. The molecule has 0 unspecified atom stereocenters. The lowest BCUT2D eigenvalue weighted by atomic mass is 9.79. The van der Waals surface area contributed by atoms with Gasteiger partial charge in [0.1, 0.15) is 6.54 Å². The molecule has 1 amide bonds. The molecule has 0 spiro atoms. The molecule has 6 aromatic rings. The van der Waals surface area contributed by atoms with Gasteiger partial charge in [0.25, 0.3) is 0 Å². The third kappa shape index (κ3) is 11.3. The van der Waals surface area contributed by atoms with Crippen LogP contribution in [-0.4, -0.2) is 68.4 Å². The molecule has 8 rings (SSSR count). The van der Waals surface area contributed by atoms with Gasteiger partial charge in [0.05, 0.1) is 15.5 Å². The summed E-state index contributed by atoms with van der Waals surface area (Å²) < 4.78 is 36.4. The van der Waals surface area contributed by atoms with Crippen LogP contribution in [-0.2, 0) is 32.3 Å². The van der Waals surface area contributed by atoms with Gasteiger partial charge in [-0.3, -0.25) is 4.79 Å². The van der Waals surface area contributed by atoms with Crippen LogP contribution in [0.2, 0.25) is 0 Å². The van der Waals surface area contributed by atoms with Crippen molar-refractivity contribution in [3.05, 3.63) is 168 Å². The Morgan fingerprint density at radius 1 is 0.696 bits per heavy atom. The zero-order valence-electron chi connectivity index (χ0n) is 40.5. The van der Waals surface area contributed by atoms with E-state index < -0.39 is 10.1 Å². The number of rotatable bonds is 20. The van der Waals surface area contributed by atoms with E-state index in [0.717, 1.165) is 61.2 Å². The van der Waals surface area contributed by atoms with Gasteiger partial charge >= 0.3 is 0 Å². The van der Waals surface area contributed by atoms with E-state index in [0.29, 0.717) is 44.0 Å². The van der Waals surface area contributed by atoms with E-state index in [-0.39, 0.29) is 22.5 Å². The molecule has 11 nitrogen and oxygen atoms in total. The number of fused-ring (bicyclic) bond motifs is 6. The molecule has 0 fully saturated rings. The summed E-state index contributed by atoms with van der Waals surface area (Å²) in [6.07, 6.45) is 21.3. The first kappa shape index (κ1) is 48.8. The Hall–Kier alpha value is -6.63. The summed E-state index contributed by atoms with van der Waals surface area (Å²) in [4.78, 5) is 15.2. The smallest absolute Gasteiger partial charge is 0.220 e. The van der Waals surface area contributed by atoms with Gasteiger partial charge in [0.15, 0.2) is 11.5 Å². The second-order valence-corrected chi connectivity index (χ2v) is 20.7. The molecule has 12 heteroatoms. The summed E-state index contributed by atoms with van der Waals surface area (Å²) in [5, 5.41) is 24.1. The van der Waals surface area contributed by atoms with E-state index in [9.17, 15) is 17.8 Å². The van der Waals surface area contributed by atoms with Crippen LogP contribution in [0, 0.1) is 6.92 Å². The average Bonchev–Trinajstić information content (AvgIpc) is 3.69. The van der Waals surface area contributed by atoms with Gasteiger partial charge in [-0.2, -0.15) is 4.58 Å². The summed E-state index contributed by atoms with van der Waals surface area (Å²) in [6, 6.07) is 33.7. The zero-order chi connectivity index (χ0) is 48.6. The fourth-order valence-corrected chi connectivity index (χ4v) is 10.7. The average molecular weight is 942 g/mol. The van der Waals surface area contributed by atoms with Crippen molar-refractivity contribution in [3.8, 4) is 11.4 Å². The number of hydrogen-bond donors (Lipinski definition) is 1. The Morgan fingerprint density at radius 3 is 2.06 bits per heavy atom. The first-order chi connectivity index (χ1) is 33.2. The third-order valence-electron chi connectivity index (χ3n) is 13.6. The molecule has 356 valence electrons. The topological polar surface area (TPSA) is 144 Å². The second kappa shape index (κ2) is 21.3. The molecule has 2 aliphatic rings. The molecule has 0 atom stereocenters. The maximum atomic E-state index is 12.7. The third-order valence-corrected chi connectivity index (χ3v) is 14.3. The molecule has 2 aliphatic heterocycles. The lowest BCUT2D eigenvalue weighted by Crippen LogP contribution is -2.28. The number of hydrogen-bond acceptors (Lipinski definition) is 9. The highest BCUT2D eigenvalue weighted by Gasteiger charge is 2.45. The molecule has 3 heterocycles. The monoisotopic (exact) mass is 941 g/mol. The lowest BCUT2D eigenvalue weighted by molar-refractivity contribution is -0.438. The minimum atomic E-state index is -4.26. The normalized spacial score (nSPS) is 16.0. The fraction of sp³-hybridized carbons (Fsp3) is 0.333. The summed E-state index contributed by atoms with van der Waals surface area (Å²) in [7, 11) is -4.26. The molecule has 69 heavy (non-hydrogen) atoms. The van der Waals surface area contributed by atoms with Gasteiger partial charge in [-0.25, -0.2) is 8.42 Å². The molecule has 1 N–H and O–H groups in total. The van der Waals surface area contributed by atoms with E-state index in [1.165, 1.54) is 44.1 Å². The highest BCUT2D eigenvalue weighted by Crippen LogP contribution is 2.51. The zero-order valence-corrected chi connectivity index (χ0v) is 41.3. The van der Waals surface area contributed by atoms with Crippen molar-refractivity contribution in [2.75, 3.05) is 23.7 Å². The number of carbonyl (C=O) groups is 1. The largest absolute Gasteiger partial charge is 0.748 e. The van der Waals surface area contributed by atoms with Gasteiger partial charge in [0, 0.05) is 71.8 Å². The van der Waals surface area contributed by atoms with E-state index in [4.69, 9.17) is 0 Å². The Labute approximate surface area is 407 Å². The highest BCUT2D eigenvalue weighted by atomic mass is 32.2. The van der Waals surface area contributed by atoms with Crippen LogP contribution in [0.3, 0.4) is 0 Å². The fourth-order valence-electron chi connectivity index (χ4n) is 10.1. The number of unbranched alkanes of at least 4 members (excludes halogenated alkanes) is 5. The van der Waals surface area contributed by atoms with Crippen LogP contribution < -0.4 is 10.2 Å². The predicted octanol–water partition coefficient (Wildman–Crippen LogP) is 11.3. The van der Waals surface area contributed by atoms with Gasteiger partial charge in [-0.15, -0.1) is 20.4 Å². The van der Waals surface area contributed by atoms with E-state index >= 15 is 0 Å². The van der Waals surface area contributed by atoms with Crippen molar-refractivity contribution >= 4 is 54.7 Å². The summed E-state index contributed by atoms with van der Waals surface area (Å²) in [5.41, 5.74) is 8.74. The summed E-state index contributed by atoms with van der Waals surface area (Å²) in [6.45, 7) is 12.9. The minimum Gasteiger partial charge on any atom is -0.748 e.